The van der Waals surface area contributed by atoms with Gasteiger partial charge in [0.05, 0.1) is 37.4 Å². The number of alkyl carbamates (subject to hydrolysis) is 1. The molecule has 3 aromatic heterocycles. The van der Waals surface area contributed by atoms with Gasteiger partial charge in [0.1, 0.15) is 31.3 Å². The molecule has 23 heteroatoms. The van der Waals surface area contributed by atoms with Crippen molar-refractivity contribution in [3.8, 4) is 17.1 Å². The van der Waals surface area contributed by atoms with Crippen LogP contribution in [0.1, 0.15) is 73.7 Å². The Kier molecular flexibility index (Phi) is 15.2. The van der Waals surface area contributed by atoms with Gasteiger partial charge in [-0.1, -0.05) is 24.3 Å². The number of hydrogen-bond donors (Lipinski definition) is 5. The normalized spacial score (nSPS) is 14.7. The number of nitrogens with one attached hydrogen (secondary N) is 4. The number of nitrogens with zero attached hydrogens (tertiary/aromatic N) is 5. The van der Waals surface area contributed by atoms with Crippen LogP contribution in [0.4, 0.5) is 29.5 Å². The van der Waals surface area contributed by atoms with Gasteiger partial charge >= 0.3 is 12.3 Å². The van der Waals surface area contributed by atoms with Gasteiger partial charge in [-0.15, -0.1) is 0 Å². The number of unbranched alkanes of at least 4 members (excludes halogenated alkanes) is 1. The number of aryl methyl sites for hydroxylation is 1. The van der Waals surface area contributed by atoms with Crippen LogP contribution in [-0.4, -0.2) is 112 Å². The topological polar surface area (TPSA) is 264 Å². The molecular formula is C44H45F3N10O10. The molecule has 0 radical (unpaired) electrons. The van der Waals surface area contributed by atoms with Gasteiger partial charge in [0.15, 0.2) is 11.4 Å². The first-order valence-electron chi connectivity index (χ1n) is 21.1. The van der Waals surface area contributed by atoms with Crippen LogP contribution in [0.15, 0.2) is 77.7 Å². The molecule has 352 valence electrons. The van der Waals surface area contributed by atoms with E-state index in [9.17, 15) is 41.9 Å². The highest BCUT2D eigenvalue weighted by Crippen LogP contribution is 2.29. The molecule has 2 aliphatic rings. The molecule has 2 aliphatic heterocycles. The summed E-state index contributed by atoms with van der Waals surface area (Å²) in [6, 6.07) is 14.7. The standard InChI is InChI=1S/C44H45F3N10O10/c45-44(46,47)25-51-35-20-28(12-13-49-35)41-53-33(24-67-41)39(60)52-32-23-57(55-37(32)38(48)59)30-7-4-26(5-8-30)3-1-2-14-64-15-16-65-17-18-66-43(63)50-21-27-6-9-31-29(19-27)22-56(42(31)62)34-10-11-36(58)54-40(34)61/h4-9,12-13,19-20,23-24,34H,1-3,10-11,14-18,21-22,25H2,(H2,48,59)(H,49,51)(H,50,63)(H,52,60)(H,54,58,61). The third kappa shape index (κ3) is 12.8. The zero-order chi connectivity index (χ0) is 47.5. The number of fused-ring (bicyclic) bond motifs is 1. The summed E-state index contributed by atoms with van der Waals surface area (Å²) in [7, 11) is 0. The van der Waals surface area contributed by atoms with Crippen LogP contribution in [0.25, 0.3) is 17.1 Å². The minimum absolute atomic E-state index is 0.0180. The molecule has 5 heterocycles. The number of halogens is 3. The zero-order valence-electron chi connectivity index (χ0n) is 35.7. The Bertz CT molecular complexity index is 2620. The fraction of sp³-hybridized carbons (Fsp3) is 0.341. The first-order chi connectivity index (χ1) is 32.2. The number of rotatable bonds is 21. The second-order valence-electron chi connectivity index (χ2n) is 15.3. The van der Waals surface area contributed by atoms with Gasteiger partial charge in [0.25, 0.3) is 17.7 Å². The SMILES string of the molecule is NC(=O)c1nn(-c2ccc(CCCCOCCOCCOC(=O)NCc3ccc4c(c3)CN(C3CCC(=O)NC3=O)C4=O)cc2)cc1NC(=O)c1coc(-c2ccnc(NCC(F)(F)F)c2)n1. The van der Waals surface area contributed by atoms with Gasteiger partial charge in [-0.3, -0.25) is 29.3 Å². The number of alkyl halides is 3. The second kappa shape index (κ2) is 21.6. The predicted molar refractivity (Wildman–Crippen MR) is 230 cm³/mol. The molecule has 0 bridgehead atoms. The average molecular weight is 931 g/mol. The molecule has 6 N–H and O–H groups in total. The molecule has 0 spiro atoms. The third-order valence-electron chi connectivity index (χ3n) is 10.5. The number of amides is 6. The molecule has 6 amide bonds. The van der Waals surface area contributed by atoms with Crippen molar-refractivity contribution < 1.29 is 60.6 Å². The van der Waals surface area contributed by atoms with Crippen LogP contribution in [0, 0.1) is 0 Å². The number of carbonyl (C=O) groups is 6. The van der Waals surface area contributed by atoms with E-state index in [1.807, 2.05) is 12.1 Å². The number of nitrogens with two attached hydrogens (primary N) is 1. The van der Waals surface area contributed by atoms with Crippen LogP contribution in [0.3, 0.4) is 0 Å². The van der Waals surface area contributed by atoms with Gasteiger partial charge in [-0.25, -0.2) is 19.4 Å². The van der Waals surface area contributed by atoms with E-state index in [0.717, 1.165) is 42.2 Å². The highest BCUT2D eigenvalue weighted by Gasteiger charge is 2.39. The Hall–Kier alpha value is -7.66. The van der Waals surface area contributed by atoms with Gasteiger partial charge in [0.2, 0.25) is 17.7 Å². The Morgan fingerprint density at radius 2 is 1.70 bits per heavy atom. The fourth-order valence-corrected chi connectivity index (χ4v) is 7.15. The maximum absolute atomic E-state index is 13.1. The van der Waals surface area contributed by atoms with Gasteiger partial charge < -0.3 is 45.2 Å². The number of oxazole rings is 1. The maximum Gasteiger partial charge on any atom is 0.407 e. The van der Waals surface area contributed by atoms with Crippen molar-refractivity contribution >= 4 is 47.1 Å². The quantitative estimate of drug-likeness (QED) is 0.0508. The summed E-state index contributed by atoms with van der Waals surface area (Å²) in [6.45, 7) is 0.540. The minimum Gasteiger partial charge on any atom is -0.447 e. The summed E-state index contributed by atoms with van der Waals surface area (Å²) in [5.74, 6) is -2.85. The average Bonchev–Trinajstić information content (AvgIpc) is 4.05. The lowest BCUT2D eigenvalue weighted by Gasteiger charge is -2.29. The predicted octanol–water partition coefficient (Wildman–Crippen LogP) is 4.29. The number of anilines is 2. The molecule has 1 fully saturated rings. The molecule has 20 nitrogen and oxygen atoms in total. The highest BCUT2D eigenvalue weighted by atomic mass is 19.4. The Balaban J connectivity index is 0.752. The molecule has 1 saturated heterocycles. The number of ether oxygens (including phenoxy) is 3. The molecule has 1 atom stereocenters. The van der Waals surface area contributed by atoms with E-state index in [1.54, 1.807) is 30.3 Å². The summed E-state index contributed by atoms with van der Waals surface area (Å²) in [5.41, 5.74) is 9.08. The number of hydrogen-bond acceptors (Lipinski definition) is 14. The van der Waals surface area contributed by atoms with Gasteiger partial charge in [0, 0.05) is 43.4 Å². The number of piperidine rings is 1. The second-order valence-corrected chi connectivity index (χ2v) is 15.3. The van der Waals surface area contributed by atoms with Gasteiger partial charge in [-0.2, -0.15) is 18.3 Å². The van der Waals surface area contributed by atoms with Crippen molar-refractivity contribution in [3.63, 3.8) is 0 Å². The van der Waals surface area contributed by atoms with Crippen LogP contribution < -0.4 is 27.0 Å². The highest BCUT2D eigenvalue weighted by molar-refractivity contribution is 6.07. The van der Waals surface area contributed by atoms with Crippen molar-refractivity contribution in [2.24, 2.45) is 5.73 Å². The number of pyridine rings is 1. The largest absolute Gasteiger partial charge is 0.447 e. The molecule has 67 heavy (non-hydrogen) atoms. The number of carbonyl (C=O) groups excluding carboxylic acids is 6. The van der Waals surface area contributed by atoms with E-state index in [1.165, 1.54) is 34.1 Å². The van der Waals surface area contributed by atoms with Crippen molar-refractivity contribution in [1.82, 2.24) is 35.3 Å². The summed E-state index contributed by atoms with van der Waals surface area (Å²) < 4.78 is 60.9. The molecule has 0 aliphatic carbocycles. The Labute approximate surface area is 379 Å². The van der Waals surface area contributed by atoms with E-state index in [4.69, 9.17) is 24.4 Å². The molecule has 2 aromatic carbocycles. The molecule has 1 unspecified atom stereocenters. The number of benzene rings is 2. The number of primary amides is 1. The van der Waals surface area contributed by atoms with Crippen LogP contribution in [0.2, 0.25) is 0 Å². The van der Waals surface area contributed by atoms with Crippen molar-refractivity contribution in [3.05, 3.63) is 107 Å². The van der Waals surface area contributed by atoms with Crippen molar-refractivity contribution in [2.45, 2.75) is 57.4 Å². The minimum atomic E-state index is -4.45. The molecule has 7 rings (SSSR count). The third-order valence-corrected chi connectivity index (χ3v) is 10.5. The summed E-state index contributed by atoms with van der Waals surface area (Å²) >= 11 is 0. The van der Waals surface area contributed by atoms with Crippen LogP contribution in [0.5, 0.6) is 0 Å². The Morgan fingerprint density at radius 3 is 2.46 bits per heavy atom. The zero-order valence-corrected chi connectivity index (χ0v) is 35.7. The van der Waals surface area contributed by atoms with Crippen molar-refractivity contribution in [2.75, 3.05) is 50.2 Å². The molecule has 5 aromatic rings. The first-order valence-corrected chi connectivity index (χ1v) is 21.1. The summed E-state index contributed by atoms with van der Waals surface area (Å²) in [4.78, 5) is 83.6. The molecular weight excluding hydrogens is 886 g/mol. The number of aromatic nitrogens is 4. The van der Waals surface area contributed by atoms with Crippen LogP contribution in [-0.2, 0) is 43.3 Å². The fourth-order valence-electron chi connectivity index (χ4n) is 7.15. The monoisotopic (exact) mass is 930 g/mol. The summed E-state index contributed by atoms with van der Waals surface area (Å²) in [6.07, 6.45) is 1.53. The lowest BCUT2D eigenvalue weighted by Crippen LogP contribution is -2.52. The van der Waals surface area contributed by atoms with E-state index in [0.29, 0.717) is 31.1 Å². The summed E-state index contributed by atoms with van der Waals surface area (Å²) in [5, 5.41) is 13.9. The Morgan fingerprint density at radius 1 is 0.940 bits per heavy atom. The van der Waals surface area contributed by atoms with E-state index >= 15 is 0 Å². The van der Waals surface area contributed by atoms with Crippen molar-refractivity contribution in [1.29, 1.82) is 0 Å². The lowest BCUT2D eigenvalue weighted by atomic mass is 10.0. The van der Waals surface area contributed by atoms with E-state index < -0.39 is 42.6 Å². The van der Waals surface area contributed by atoms with E-state index in [-0.39, 0.29) is 85.3 Å². The molecule has 0 saturated carbocycles. The first kappa shape index (κ1) is 47.3. The number of imide groups is 1. The lowest BCUT2D eigenvalue weighted by molar-refractivity contribution is -0.137. The van der Waals surface area contributed by atoms with Gasteiger partial charge in [-0.05, 0) is 72.7 Å². The smallest absolute Gasteiger partial charge is 0.407 e. The maximum atomic E-state index is 13.1. The van der Waals surface area contributed by atoms with E-state index in [2.05, 4.69) is 36.3 Å². The van der Waals surface area contributed by atoms with Crippen LogP contribution >= 0.6 is 0 Å².